The van der Waals surface area contributed by atoms with E-state index < -0.39 is 11.9 Å². The molecule has 206 valence electrons. The Morgan fingerprint density at radius 3 is 2.58 bits per heavy atom. The Bertz CT molecular complexity index is 1720. The summed E-state index contributed by atoms with van der Waals surface area (Å²) < 4.78 is 48.7. The average Bonchev–Trinajstić information content (AvgIpc) is 3.53. The summed E-state index contributed by atoms with van der Waals surface area (Å²) in [6, 6.07) is 8.32. The van der Waals surface area contributed by atoms with Crippen LogP contribution in [0.25, 0.3) is 28.3 Å². The third-order valence-corrected chi connectivity index (χ3v) is 6.99. The molecule has 5 aromatic rings. The van der Waals surface area contributed by atoms with Crippen molar-refractivity contribution in [3.63, 3.8) is 0 Å². The van der Waals surface area contributed by atoms with Crippen molar-refractivity contribution in [2.75, 3.05) is 7.11 Å². The van der Waals surface area contributed by atoms with Crippen LogP contribution in [0, 0.1) is 0 Å². The van der Waals surface area contributed by atoms with E-state index in [2.05, 4.69) is 19.9 Å². The van der Waals surface area contributed by atoms with Crippen molar-refractivity contribution in [1.29, 1.82) is 0 Å². The predicted molar refractivity (Wildman–Crippen MR) is 140 cm³/mol. The number of aromatic hydroxyl groups is 1. The highest BCUT2D eigenvalue weighted by Gasteiger charge is 2.35. The molecule has 4 aromatic heterocycles. The molecule has 4 heterocycles. The number of nitrogens with zero attached hydrogens (tertiary/aromatic N) is 7. The maximum atomic E-state index is 13.3. The van der Waals surface area contributed by atoms with Crippen LogP contribution in [0.4, 0.5) is 13.2 Å². The molecule has 1 fully saturated rings. The fraction of sp³-hybridized carbons (Fsp3) is 0.321. The van der Waals surface area contributed by atoms with Gasteiger partial charge in [-0.3, -0.25) is 0 Å². The molecule has 1 aromatic carbocycles. The molecule has 1 saturated carbocycles. The lowest BCUT2D eigenvalue weighted by atomic mass is 10.1. The normalized spacial score (nSPS) is 13.9. The number of aromatic nitrogens is 7. The van der Waals surface area contributed by atoms with Gasteiger partial charge in [0.05, 0.1) is 24.5 Å². The maximum Gasteiger partial charge on any atom is 0.434 e. The molecule has 0 aliphatic heterocycles. The quantitative estimate of drug-likeness (QED) is 0.272. The van der Waals surface area contributed by atoms with Crippen LogP contribution in [-0.4, -0.2) is 46.3 Å². The number of fused-ring (bicyclic) bond motifs is 1. The number of alkyl halides is 3. The van der Waals surface area contributed by atoms with Crippen molar-refractivity contribution >= 4 is 5.52 Å². The minimum absolute atomic E-state index is 0.0530. The number of rotatable bonds is 7. The molecule has 0 saturated heterocycles. The lowest BCUT2D eigenvalue weighted by Gasteiger charge is -2.13. The van der Waals surface area contributed by atoms with Crippen LogP contribution in [0.1, 0.15) is 61.3 Å². The van der Waals surface area contributed by atoms with E-state index in [-0.39, 0.29) is 17.6 Å². The highest BCUT2D eigenvalue weighted by atomic mass is 19.4. The molecule has 40 heavy (non-hydrogen) atoms. The van der Waals surface area contributed by atoms with Crippen LogP contribution in [0.3, 0.4) is 0 Å². The van der Waals surface area contributed by atoms with Crippen molar-refractivity contribution in [3.8, 4) is 34.4 Å². The number of methoxy groups -OCH3 is 1. The minimum atomic E-state index is -4.57. The average molecular weight is 550 g/mol. The molecule has 1 aliphatic rings. The molecular formula is C28H26F3N7O2. The Labute approximate surface area is 227 Å². The molecule has 0 radical (unpaired) electrons. The van der Waals surface area contributed by atoms with E-state index in [1.165, 1.54) is 17.0 Å². The molecule has 6 rings (SSSR count). The van der Waals surface area contributed by atoms with E-state index in [1.807, 2.05) is 12.1 Å². The van der Waals surface area contributed by atoms with Crippen LogP contribution in [0.15, 0.2) is 49.1 Å². The Morgan fingerprint density at radius 1 is 1.10 bits per heavy atom. The molecule has 12 heteroatoms. The largest absolute Gasteiger partial charge is 0.508 e. The van der Waals surface area contributed by atoms with Gasteiger partial charge in [0, 0.05) is 35.8 Å². The molecule has 9 nitrogen and oxygen atoms in total. The maximum absolute atomic E-state index is 13.3. The van der Waals surface area contributed by atoms with Gasteiger partial charge in [0.15, 0.2) is 11.5 Å². The van der Waals surface area contributed by atoms with Crippen LogP contribution >= 0.6 is 0 Å². The summed E-state index contributed by atoms with van der Waals surface area (Å²) in [5.74, 6) is 1.25. The predicted octanol–water partition coefficient (Wildman–Crippen LogP) is 5.83. The van der Waals surface area contributed by atoms with Gasteiger partial charge in [-0.1, -0.05) is 12.1 Å². The smallest absolute Gasteiger partial charge is 0.434 e. The van der Waals surface area contributed by atoms with Gasteiger partial charge >= 0.3 is 6.18 Å². The van der Waals surface area contributed by atoms with Crippen molar-refractivity contribution < 1.29 is 23.0 Å². The van der Waals surface area contributed by atoms with E-state index in [0.717, 1.165) is 35.9 Å². The zero-order valence-corrected chi connectivity index (χ0v) is 22.0. The van der Waals surface area contributed by atoms with E-state index in [4.69, 9.17) is 9.84 Å². The number of hydrogen-bond acceptors (Lipinski definition) is 7. The van der Waals surface area contributed by atoms with E-state index in [1.54, 1.807) is 43.8 Å². The standard InChI is InChI=1S/C28H26F3N7O2/c1-15(2)37-13-22(28(29,30)31)35-26(37)18-7-6-17(21(39)11-18)10-19-8-9-20-12-32-25(36-38(19)20)23-24(16-4-5-16)33-14-34-27(23)40-3/h6-9,11-16,39H,4-5,10H2,1-3H3. The van der Waals surface area contributed by atoms with Gasteiger partial charge in [-0.05, 0) is 50.5 Å². The summed E-state index contributed by atoms with van der Waals surface area (Å²) in [5.41, 5.74) is 3.08. The van der Waals surface area contributed by atoms with Gasteiger partial charge in [0.1, 0.15) is 23.5 Å². The summed E-state index contributed by atoms with van der Waals surface area (Å²) in [7, 11) is 1.55. The first-order chi connectivity index (χ1) is 19.1. The van der Waals surface area contributed by atoms with Gasteiger partial charge in [-0.2, -0.15) is 13.2 Å². The Kier molecular flexibility index (Phi) is 6.20. The van der Waals surface area contributed by atoms with Crippen molar-refractivity contribution in [1.82, 2.24) is 34.1 Å². The van der Waals surface area contributed by atoms with Crippen LogP contribution < -0.4 is 4.74 Å². The molecule has 0 atom stereocenters. The van der Waals surface area contributed by atoms with E-state index >= 15 is 0 Å². The van der Waals surface area contributed by atoms with Gasteiger partial charge < -0.3 is 14.4 Å². The minimum Gasteiger partial charge on any atom is -0.508 e. The molecule has 0 unspecified atom stereocenters. The monoisotopic (exact) mass is 549 g/mol. The number of phenolic OH excluding ortho intramolecular Hbond substituents is 1. The Hall–Kier alpha value is -4.48. The van der Waals surface area contributed by atoms with Gasteiger partial charge in [0.2, 0.25) is 5.88 Å². The second-order valence-electron chi connectivity index (χ2n) is 10.1. The van der Waals surface area contributed by atoms with Gasteiger partial charge in [-0.15, -0.1) is 5.10 Å². The fourth-order valence-electron chi connectivity index (χ4n) is 4.80. The second-order valence-corrected chi connectivity index (χ2v) is 10.1. The number of benzene rings is 1. The van der Waals surface area contributed by atoms with Crippen molar-refractivity contribution in [3.05, 3.63) is 71.7 Å². The molecular weight excluding hydrogens is 523 g/mol. The summed E-state index contributed by atoms with van der Waals surface area (Å²) in [6.45, 7) is 3.55. The van der Waals surface area contributed by atoms with Crippen LogP contribution in [0.5, 0.6) is 11.6 Å². The number of ether oxygens (including phenoxy) is 1. The first-order valence-corrected chi connectivity index (χ1v) is 12.8. The second kappa shape index (κ2) is 9.61. The number of halogens is 3. The molecule has 1 N–H and O–H groups in total. The lowest BCUT2D eigenvalue weighted by molar-refractivity contribution is -0.140. The van der Waals surface area contributed by atoms with Gasteiger partial charge in [0.25, 0.3) is 0 Å². The first kappa shape index (κ1) is 25.8. The highest BCUT2D eigenvalue weighted by molar-refractivity contribution is 5.66. The molecule has 0 bridgehead atoms. The first-order valence-electron chi connectivity index (χ1n) is 12.8. The SMILES string of the molecule is COc1ncnc(C2CC2)c1-c1ncc2ccc(Cc3ccc(-c4nc(C(F)(F)F)cn4C(C)C)cc3O)n2n1. The summed E-state index contributed by atoms with van der Waals surface area (Å²) in [5, 5.41) is 15.7. The zero-order valence-electron chi connectivity index (χ0n) is 22.0. The van der Waals surface area contributed by atoms with E-state index in [9.17, 15) is 18.3 Å². The molecule has 0 amide bonds. The zero-order chi connectivity index (χ0) is 28.2. The van der Waals surface area contributed by atoms with Crippen LogP contribution in [0.2, 0.25) is 0 Å². The summed E-state index contributed by atoms with van der Waals surface area (Å²) >= 11 is 0. The van der Waals surface area contributed by atoms with Gasteiger partial charge in [-0.25, -0.2) is 24.5 Å². The Balaban J connectivity index is 1.35. The van der Waals surface area contributed by atoms with Crippen molar-refractivity contribution in [2.45, 2.75) is 51.2 Å². The molecule has 0 spiro atoms. The lowest BCUT2D eigenvalue weighted by Crippen LogP contribution is -2.06. The van der Waals surface area contributed by atoms with Crippen molar-refractivity contribution in [2.24, 2.45) is 0 Å². The van der Waals surface area contributed by atoms with Crippen LogP contribution in [-0.2, 0) is 12.6 Å². The summed E-state index contributed by atoms with van der Waals surface area (Å²) in [6.07, 6.45) is 2.02. The highest BCUT2D eigenvalue weighted by Crippen LogP contribution is 2.44. The third kappa shape index (κ3) is 4.63. The van der Waals surface area contributed by atoms with E-state index in [0.29, 0.717) is 40.7 Å². The Morgan fingerprint density at radius 2 is 1.90 bits per heavy atom. The number of hydrogen-bond donors (Lipinski definition) is 1. The summed E-state index contributed by atoms with van der Waals surface area (Å²) in [4.78, 5) is 17.1. The molecule has 1 aliphatic carbocycles. The topological polar surface area (TPSA) is 103 Å². The number of imidazole rings is 1. The fourth-order valence-corrected chi connectivity index (χ4v) is 4.80. The third-order valence-electron chi connectivity index (χ3n) is 6.99. The number of phenols is 1.